The smallest absolute Gasteiger partial charge is 0.387 e. The second-order valence-electron chi connectivity index (χ2n) is 3.89. The van der Waals surface area contributed by atoms with Crippen LogP contribution in [-0.4, -0.2) is 31.5 Å². The zero-order valence-electron chi connectivity index (χ0n) is 10.8. The van der Waals surface area contributed by atoms with Crippen LogP contribution in [0, 0.1) is 6.92 Å². The molecule has 0 radical (unpaired) electrons. The minimum atomic E-state index is -2.94. The highest BCUT2D eigenvalue weighted by molar-refractivity contribution is 5.94. The lowest BCUT2D eigenvalue weighted by atomic mass is 10.2. The van der Waals surface area contributed by atoms with Gasteiger partial charge in [0.1, 0.15) is 5.75 Å². The molecule has 0 aliphatic rings. The van der Waals surface area contributed by atoms with Crippen molar-refractivity contribution in [2.75, 3.05) is 18.4 Å². The van der Waals surface area contributed by atoms with Crippen molar-refractivity contribution in [1.82, 2.24) is 5.32 Å². The predicted octanol–water partition coefficient (Wildman–Crippen LogP) is 0.610. The Kier molecular flexibility index (Phi) is 5.85. The van der Waals surface area contributed by atoms with E-state index in [-0.39, 0.29) is 18.8 Å². The van der Waals surface area contributed by atoms with Crippen molar-refractivity contribution < 1.29 is 23.1 Å². The largest absolute Gasteiger partial charge is 0.434 e. The van der Waals surface area contributed by atoms with Crippen molar-refractivity contribution >= 4 is 17.5 Å². The fourth-order valence-corrected chi connectivity index (χ4v) is 1.36. The summed E-state index contributed by atoms with van der Waals surface area (Å²) in [5.74, 6) is -0.992. The summed E-state index contributed by atoms with van der Waals surface area (Å²) < 4.78 is 28.7. The van der Waals surface area contributed by atoms with E-state index < -0.39 is 18.4 Å². The standard InChI is InChI=1S/C12H15F2N3O3/c1-7-2-3-8(4-9(7)20-12(13)14)17-11(19)6-16-10(18)5-15/h2-4,12H,5-6,15H2,1H3,(H,16,18)(H,17,19). The Morgan fingerprint density at radius 2 is 2.05 bits per heavy atom. The van der Waals surface area contributed by atoms with Crippen LogP contribution in [0.4, 0.5) is 14.5 Å². The van der Waals surface area contributed by atoms with E-state index in [9.17, 15) is 18.4 Å². The van der Waals surface area contributed by atoms with Crippen molar-refractivity contribution in [2.45, 2.75) is 13.5 Å². The number of rotatable bonds is 6. The van der Waals surface area contributed by atoms with Gasteiger partial charge in [-0.15, -0.1) is 0 Å². The van der Waals surface area contributed by atoms with Crippen LogP contribution in [0.1, 0.15) is 5.56 Å². The normalized spacial score (nSPS) is 10.2. The van der Waals surface area contributed by atoms with Gasteiger partial charge in [-0.1, -0.05) is 6.07 Å². The third-order valence-electron chi connectivity index (χ3n) is 2.32. The molecule has 0 fully saturated rings. The van der Waals surface area contributed by atoms with E-state index >= 15 is 0 Å². The number of aryl methyl sites for hydroxylation is 1. The Hall–Kier alpha value is -2.22. The number of nitrogens with one attached hydrogen (secondary N) is 2. The molecule has 0 atom stereocenters. The fraction of sp³-hybridized carbons (Fsp3) is 0.333. The van der Waals surface area contributed by atoms with E-state index in [1.165, 1.54) is 18.2 Å². The first-order valence-corrected chi connectivity index (χ1v) is 5.74. The van der Waals surface area contributed by atoms with Crippen LogP contribution in [0.5, 0.6) is 5.75 Å². The van der Waals surface area contributed by atoms with E-state index in [2.05, 4.69) is 15.4 Å². The number of benzene rings is 1. The van der Waals surface area contributed by atoms with Gasteiger partial charge in [-0.05, 0) is 18.6 Å². The van der Waals surface area contributed by atoms with Crippen molar-refractivity contribution in [1.29, 1.82) is 0 Å². The van der Waals surface area contributed by atoms with Gasteiger partial charge in [-0.3, -0.25) is 9.59 Å². The summed E-state index contributed by atoms with van der Waals surface area (Å²) in [4.78, 5) is 22.4. The molecule has 0 aliphatic carbocycles. The number of amides is 2. The third kappa shape index (κ3) is 5.19. The van der Waals surface area contributed by atoms with Gasteiger partial charge in [0.15, 0.2) is 0 Å². The molecule has 1 rings (SSSR count). The molecule has 0 bridgehead atoms. The number of carbonyl (C=O) groups is 2. The van der Waals surface area contributed by atoms with Gasteiger partial charge in [-0.2, -0.15) is 8.78 Å². The minimum Gasteiger partial charge on any atom is -0.434 e. The molecular formula is C12H15F2N3O3. The number of anilines is 1. The Balaban J connectivity index is 2.63. The SMILES string of the molecule is Cc1ccc(NC(=O)CNC(=O)CN)cc1OC(F)F. The lowest BCUT2D eigenvalue weighted by Crippen LogP contribution is -2.36. The quantitative estimate of drug-likeness (QED) is 0.714. The van der Waals surface area contributed by atoms with Crippen molar-refractivity contribution in [2.24, 2.45) is 5.73 Å². The molecule has 110 valence electrons. The van der Waals surface area contributed by atoms with E-state index in [1.807, 2.05) is 0 Å². The Bertz CT molecular complexity index is 495. The molecule has 6 nitrogen and oxygen atoms in total. The molecule has 0 spiro atoms. The maximum Gasteiger partial charge on any atom is 0.387 e. The second-order valence-corrected chi connectivity index (χ2v) is 3.89. The number of carbonyl (C=O) groups excluding carboxylic acids is 2. The molecule has 0 aliphatic heterocycles. The Morgan fingerprint density at radius 1 is 1.35 bits per heavy atom. The summed E-state index contributed by atoms with van der Waals surface area (Å²) in [6.07, 6.45) is 0. The molecule has 0 unspecified atom stereocenters. The lowest BCUT2D eigenvalue weighted by molar-refractivity contribution is -0.123. The third-order valence-corrected chi connectivity index (χ3v) is 2.32. The van der Waals surface area contributed by atoms with Gasteiger partial charge in [0.05, 0.1) is 13.1 Å². The summed E-state index contributed by atoms with van der Waals surface area (Å²) in [5, 5.41) is 4.73. The summed E-state index contributed by atoms with van der Waals surface area (Å²) in [7, 11) is 0. The highest BCUT2D eigenvalue weighted by Gasteiger charge is 2.10. The van der Waals surface area contributed by atoms with Crippen LogP contribution >= 0.6 is 0 Å². The number of halogens is 2. The van der Waals surface area contributed by atoms with Crippen LogP contribution in [0.15, 0.2) is 18.2 Å². The minimum absolute atomic E-state index is 0.0243. The Morgan fingerprint density at radius 3 is 2.65 bits per heavy atom. The highest BCUT2D eigenvalue weighted by Crippen LogP contribution is 2.24. The maximum absolute atomic E-state index is 12.2. The molecule has 0 heterocycles. The average molecular weight is 287 g/mol. The maximum atomic E-state index is 12.2. The Labute approximate surface area is 114 Å². The molecular weight excluding hydrogens is 272 g/mol. The van der Waals surface area contributed by atoms with E-state index in [0.29, 0.717) is 11.3 Å². The van der Waals surface area contributed by atoms with Crippen molar-refractivity contribution in [3.05, 3.63) is 23.8 Å². The topological polar surface area (TPSA) is 93.5 Å². The van der Waals surface area contributed by atoms with Gasteiger partial charge in [0.2, 0.25) is 11.8 Å². The van der Waals surface area contributed by atoms with E-state index in [0.717, 1.165) is 0 Å². The molecule has 8 heteroatoms. The number of ether oxygens (including phenoxy) is 1. The predicted molar refractivity (Wildman–Crippen MR) is 68.5 cm³/mol. The summed E-state index contributed by atoms with van der Waals surface area (Å²) in [6.45, 7) is -1.81. The monoisotopic (exact) mass is 287 g/mol. The van der Waals surface area contributed by atoms with Crippen LogP contribution in [0.3, 0.4) is 0 Å². The van der Waals surface area contributed by atoms with E-state index in [1.54, 1.807) is 6.92 Å². The summed E-state index contributed by atoms with van der Waals surface area (Å²) in [5.41, 5.74) is 5.87. The van der Waals surface area contributed by atoms with E-state index in [4.69, 9.17) is 5.73 Å². The number of hydrogen-bond donors (Lipinski definition) is 3. The van der Waals surface area contributed by atoms with Gasteiger partial charge in [0.25, 0.3) is 0 Å². The number of nitrogens with two attached hydrogens (primary N) is 1. The fourth-order valence-electron chi connectivity index (χ4n) is 1.36. The molecule has 20 heavy (non-hydrogen) atoms. The van der Waals surface area contributed by atoms with Gasteiger partial charge in [-0.25, -0.2) is 0 Å². The average Bonchev–Trinajstić information content (AvgIpc) is 2.39. The molecule has 0 aromatic heterocycles. The molecule has 2 amide bonds. The molecule has 0 saturated carbocycles. The van der Waals surface area contributed by atoms with Crippen LogP contribution < -0.4 is 21.1 Å². The van der Waals surface area contributed by atoms with Gasteiger partial charge >= 0.3 is 6.61 Å². The first-order chi connectivity index (χ1) is 9.42. The second kappa shape index (κ2) is 7.39. The van der Waals surface area contributed by atoms with Crippen molar-refractivity contribution in [3.8, 4) is 5.75 Å². The molecule has 1 aromatic carbocycles. The zero-order chi connectivity index (χ0) is 15.1. The summed E-state index contributed by atoms with van der Waals surface area (Å²) >= 11 is 0. The van der Waals surface area contributed by atoms with Gasteiger partial charge < -0.3 is 21.1 Å². The van der Waals surface area contributed by atoms with Crippen LogP contribution in [-0.2, 0) is 9.59 Å². The lowest BCUT2D eigenvalue weighted by Gasteiger charge is -2.11. The van der Waals surface area contributed by atoms with Gasteiger partial charge in [0, 0.05) is 11.8 Å². The molecule has 0 saturated heterocycles. The number of alkyl halides is 2. The van der Waals surface area contributed by atoms with Crippen molar-refractivity contribution in [3.63, 3.8) is 0 Å². The zero-order valence-corrected chi connectivity index (χ0v) is 10.8. The highest BCUT2D eigenvalue weighted by atomic mass is 19.3. The number of hydrogen-bond acceptors (Lipinski definition) is 4. The van der Waals surface area contributed by atoms with Crippen LogP contribution in [0.2, 0.25) is 0 Å². The molecule has 1 aromatic rings. The summed E-state index contributed by atoms with van der Waals surface area (Å²) in [6, 6.07) is 4.35. The molecule has 4 N–H and O–H groups in total. The first-order valence-electron chi connectivity index (χ1n) is 5.74. The first kappa shape index (κ1) is 15.8. The van der Waals surface area contributed by atoms with Crippen LogP contribution in [0.25, 0.3) is 0 Å².